The van der Waals surface area contributed by atoms with Gasteiger partial charge < -0.3 is 14.5 Å². The molecular weight excluding hydrogens is 241 g/mol. The van der Waals surface area contributed by atoms with Crippen LogP contribution in [0.2, 0.25) is 0 Å². The topological polar surface area (TPSA) is 47.0 Å². The Morgan fingerprint density at radius 2 is 2.37 bits per heavy atom. The third kappa shape index (κ3) is 4.04. The molecule has 1 aromatic heterocycles. The van der Waals surface area contributed by atoms with E-state index in [4.69, 9.17) is 17.4 Å². The zero-order valence-corrected chi connectivity index (χ0v) is 11.4. The quantitative estimate of drug-likeness (QED) is 0.672. The molecule has 0 bridgehead atoms. The number of hydrogen-bond acceptors (Lipinski definition) is 5. The molecule has 2 rings (SSSR count). The van der Waals surface area contributed by atoms with Crippen LogP contribution in [0.5, 0.6) is 0 Å². The van der Waals surface area contributed by atoms with Gasteiger partial charge in [-0.15, -0.1) is 0 Å². The number of nitrogens with zero attached hydrogens (tertiary/aromatic N) is 3. The van der Waals surface area contributed by atoms with Crippen molar-refractivity contribution in [1.29, 1.82) is 0 Å². The molecule has 1 aliphatic rings. The normalized spacial score (nSPS) is 18.5. The molecule has 0 aliphatic carbocycles. The molecule has 1 atom stereocenters. The molecular formula is C13H18BN3O2. The van der Waals surface area contributed by atoms with Gasteiger partial charge in [-0.25, -0.2) is 0 Å². The molecule has 2 heterocycles. The van der Waals surface area contributed by atoms with E-state index in [1.54, 1.807) is 13.3 Å². The highest BCUT2D eigenvalue weighted by Crippen LogP contribution is 2.15. The molecule has 2 radical (unpaired) electrons. The Hall–Kier alpha value is -1.40. The van der Waals surface area contributed by atoms with Crippen molar-refractivity contribution in [3.8, 4) is 0 Å². The Balaban J connectivity index is 1.83. The van der Waals surface area contributed by atoms with Gasteiger partial charge in [-0.2, -0.15) is 0 Å². The standard InChI is InChI=1S/C13H18BN3O2/c1-17(5-6-18-2)9-11-7-13(16-19-11)12-4-3-10(14)8-15-12/h3-4,8,11H,5-7,9H2,1-2H3. The molecule has 0 saturated heterocycles. The van der Waals surface area contributed by atoms with Crippen molar-refractivity contribution in [2.45, 2.75) is 12.5 Å². The van der Waals surface area contributed by atoms with Gasteiger partial charge in [0.15, 0.2) is 0 Å². The van der Waals surface area contributed by atoms with Gasteiger partial charge in [-0.3, -0.25) is 4.98 Å². The van der Waals surface area contributed by atoms with Crippen LogP contribution in [0.4, 0.5) is 0 Å². The highest BCUT2D eigenvalue weighted by atomic mass is 16.6. The van der Waals surface area contributed by atoms with E-state index in [9.17, 15) is 0 Å². The second-order valence-electron chi connectivity index (χ2n) is 4.70. The molecule has 1 aromatic rings. The molecule has 0 saturated carbocycles. The van der Waals surface area contributed by atoms with Crippen molar-refractivity contribution in [1.82, 2.24) is 9.88 Å². The summed E-state index contributed by atoms with van der Waals surface area (Å²) in [5.74, 6) is 0. The van der Waals surface area contributed by atoms with Crippen LogP contribution >= 0.6 is 0 Å². The van der Waals surface area contributed by atoms with E-state index in [2.05, 4.69) is 15.0 Å². The summed E-state index contributed by atoms with van der Waals surface area (Å²) < 4.78 is 5.05. The predicted octanol–water partition coefficient (Wildman–Crippen LogP) is -0.0534. The van der Waals surface area contributed by atoms with E-state index in [0.717, 1.165) is 37.5 Å². The van der Waals surface area contributed by atoms with Crippen molar-refractivity contribution in [2.75, 3.05) is 33.9 Å². The molecule has 0 amide bonds. The van der Waals surface area contributed by atoms with Crippen LogP contribution in [0.1, 0.15) is 12.1 Å². The highest BCUT2D eigenvalue weighted by molar-refractivity contribution is 6.32. The number of ether oxygens (including phenoxy) is 1. The third-order valence-electron chi connectivity index (χ3n) is 3.01. The van der Waals surface area contributed by atoms with E-state index in [1.807, 2.05) is 19.2 Å². The van der Waals surface area contributed by atoms with Crippen LogP contribution < -0.4 is 5.46 Å². The van der Waals surface area contributed by atoms with Crippen molar-refractivity contribution < 1.29 is 9.57 Å². The van der Waals surface area contributed by atoms with Crippen LogP contribution in [0, 0.1) is 0 Å². The van der Waals surface area contributed by atoms with Gasteiger partial charge in [0.1, 0.15) is 19.7 Å². The maximum absolute atomic E-state index is 5.61. The second-order valence-corrected chi connectivity index (χ2v) is 4.70. The van der Waals surface area contributed by atoms with E-state index < -0.39 is 0 Å². The first-order valence-corrected chi connectivity index (χ1v) is 6.31. The van der Waals surface area contributed by atoms with Gasteiger partial charge in [-0.1, -0.05) is 16.7 Å². The fourth-order valence-corrected chi connectivity index (χ4v) is 1.94. The SMILES string of the molecule is [B]c1ccc(C2=NOC(CN(C)CCOC)C2)nc1. The molecule has 0 N–H and O–H groups in total. The fourth-order valence-electron chi connectivity index (χ4n) is 1.94. The number of rotatable bonds is 6. The molecule has 1 unspecified atom stereocenters. The summed E-state index contributed by atoms with van der Waals surface area (Å²) in [6.07, 6.45) is 2.49. The lowest BCUT2D eigenvalue weighted by atomic mass is 9.98. The largest absolute Gasteiger partial charge is 0.390 e. The van der Waals surface area contributed by atoms with Crippen LogP contribution in [0.15, 0.2) is 23.5 Å². The predicted molar refractivity (Wildman–Crippen MR) is 75.0 cm³/mol. The Bertz CT molecular complexity index is 436. The fraction of sp³-hybridized carbons (Fsp3) is 0.538. The zero-order valence-electron chi connectivity index (χ0n) is 11.4. The Labute approximate surface area is 115 Å². The summed E-state index contributed by atoms with van der Waals surface area (Å²) in [5.41, 5.74) is 2.36. The molecule has 0 spiro atoms. The average Bonchev–Trinajstić information content (AvgIpc) is 2.85. The maximum atomic E-state index is 5.61. The molecule has 0 fully saturated rings. The van der Waals surface area contributed by atoms with Crippen LogP contribution in [0.25, 0.3) is 0 Å². The summed E-state index contributed by atoms with van der Waals surface area (Å²) in [6, 6.07) is 3.69. The van der Waals surface area contributed by atoms with Gasteiger partial charge in [0.05, 0.1) is 12.3 Å². The first kappa shape index (κ1) is 14.0. The van der Waals surface area contributed by atoms with E-state index in [-0.39, 0.29) is 6.10 Å². The number of hydrogen-bond donors (Lipinski definition) is 0. The van der Waals surface area contributed by atoms with Crippen molar-refractivity contribution >= 4 is 19.0 Å². The van der Waals surface area contributed by atoms with Gasteiger partial charge in [0.25, 0.3) is 0 Å². The molecule has 6 heteroatoms. The van der Waals surface area contributed by atoms with Crippen molar-refractivity contribution in [3.63, 3.8) is 0 Å². The summed E-state index contributed by atoms with van der Waals surface area (Å²) >= 11 is 0. The summed E-state index contributed by atoms with van der Waals surface area (Å²) in [5, 5.41) is 4.11. The maximum Gasteiger partial charge on any atom is 0.145 e. The minimum Gasteiger partial charge on any atom is -0.390 e. The lowest BCUT2D eigenvalue weighted by Gasteiger charge is -2.18. The van der Waals surface area contributed by atoms with Gasteiger partial charge in [-0.05, 0) is 13.1 Å². The van der Waals surface area contributed by atoms with Gasteiger partial charge >= 0.3 is 0 Å². The van der Waals surface area contributed by atoms with Crippen LogP contribution in [-0.2, 0) is 9.57 Å². The molecule has 0 aromatic carbocycles. The minimum atomic E-state index is 0.0798. The molecule has 1 aliphatic heterocycles. The molecule has 5 nitrogen and oxygen atoms in total. The van der Waals surface area contributed by atoms with E-state index >= 15 is 0 Å². The minimum absolute atomic E-state index is 0.0798. The number of likely N-dealkylation sites (N-methyl/N-ethyl adjacent to an activating group) is 1. The Kier molecular flexibility index (Phi) is 4.93. The summed E-state index contributed by atoms with van der Waals surface area (Å²) in [4.78, 5) is 11.9. The van der Waals surface area contributed by atoms with Crippen LogP contribution in [-0.4, -0.2) is 63.4 Å². The smallest absolute Gasteiger partial charge is 0.145 e. The Morgan fingerprint density at radius 3 is 3.05 bits per heavy atom. The monoisotopic (exact) mass is 259 g/mol. The van der Waals surface area contributed by atoms with E-state index in [0.29, 0.717) is 5.46 Å². The van der Waals surface area contributed by atoms with Crippen molar-refractivity contribution in [3.05, 3.63) is 24.0 Å². The summed E-state index contributed by atoms with van der Waals surface area (Å²) in [6.45, 7) is 2.42. The zero-order chi connectivity index (χ0) is 13.7. The van der Waals surface area contributed by atoms with Gasteiger partial charge in [0, 0.05) is 32.8 Å². The first-order valence-electron chi connectivity index (χ1n) is 6.31. The third-order valence-corrected chi connectivity index (χ3v) is 3.01. The highest BCUT2D eigenvalue weighted by Gasteiger charge is 2.23. The Morgan fingerprint density at radius 1 is 1.53 bits per heavy atom. The number of methoxy groups -OCH3 is 1. The number of oxime groups is 1. The van der Waals surface area contributed by atoms with Gasteiger partial charge in [0.2, 0.25) is 0 Å². The van der Waals surface area contributed by atoms with Crippen molar-refractivity contribution in [2.24, 2.45) is 5.16 Å². The van der Waals surface area contributed by atoms with Crippen LogP contribution in [0.3, 0.4) is 0 Å². The lowest BCUT2D eigenvalue weighted by molar-refractivity contribution is 0.0523. The number of aromatic nitrogens is 1. The second kappa shape index (κ2) is 6.68. The van der Waals surface area contributed by atoms with E-state index in [1.165, 1.54) is 0 Å². The average molecular weight is 259 g/mol. The lowest BCUT2D eigenvalue weighted by Crippen LogP contribution is -2.31. The molecule has 100 valence electrons. The summed E-state index contributed by atoms with van der Waals surface area (Å²) in [7, 11) is 9.36. The number of pyridine rings is 1. The molecule has 19 heavy (non-hydrogen) atoms. The first-order chi connectivity index (χ1) is 9.19.